The zero-order valence-corrected chi connectivity index (χ0v) is 11.7. The van der Waals surface area contributed by atoms with Crippen molar-refractivity contribution in [3.05, 3.63) is 10.0 Å². The van der Waals surface area contributed by atoms with Crippen LogP contribution in [-0.4, -0.2) is 17.2 Å². The first kappa shape index (κ1) is 13.0. The molecule has 1 unspecified atom stereocenters. The number of aryl methyl sites for hydroxylation is 1. The minimum Gasteiger partial charge on any atom is -0.311 e. The molecule has 3 nitrogen and oxygen atoms in total. The third-order valence-electron chi connectivity index (χ3n) is 3.78. The molecule has 1 aromatic heterocycles. The van der Waals surface area contributed by atoms with Gasteiger partial charge in [-0.05, 0) is 26.3 Å². The average Bonchev–Trinajstić information content (AvgIpc) is 2.85. The molecular formula is C13H23N3S. The van der Waals surface area contributed by atoms with E-state index in [9.17, 15) is 0 Å². The smallest absolute Gasteiger partial charge is 0.134 e. The van der Waals surface area contributed by atoms with Crippen LogP contribution in [0.25, 0.3) is 0 Å². The van der Waals surface area contributed by atoms with Crippen molar-refractivity contribution in [3.8, 4) is 0 Å². The second-order valence-electron chi connectivity index (χ2n) is 5.09. The fraction of sp³-hybridized carbons (Fsp3) is 0.846. The van der Waals surface area contributed by atoms with Gasteiger partial charge in [0.05, 0.1) is 6.04 Å². The molecule has 1 aliphatic carbocycles. The second kappa shape index (κ2) is 6.45. The lowest BCUT2D eigenvalue weighted by molar-refractivity contribution is 0.339. The monoisotopic (exact) mass is 253 g/mol. The van der Waals surface area contributed by atoms with Crippen LogP contribution >= 0.6 is 11.3 Å². The van der Waals surface area contributed by atoms with Gasteiger partial charge in [-0.25, -0.2) is 0 Å². The summed E-state index contributed by atoms with van der Waals surface area (Å²) in [5, 5.41) is 14.1. The summed E-state index contributed by atoms with van der Waals surface area (Å²) in [5.74, 6) is 0.942. The molecule has 1 N–H and O–H groups in total. The topological polar surface area (TPSA) is 37.8 Å². The third-order valence-corrected chi connectivity index (χ3v) is 4.94. The maximum absolute atomic E-state index is 4.30. The molecule has 0 saturated heterocycles. The SMILES string of the molecule is CNC(C)c1nnc(CCC2CCCCC2)s1. The lowest BCUT2D eigenvalue weighted by Gasteiger charge is -2.20. The summed E-state index contributed by atoms with van der Waals surface area (Å²) in [6, 6.07) is 0.330. The van der Waals surface area contributed by atoms with E-state index >= 15 is 0 Å². The summed E-state index contributed by atoms with van der Waals surface area (Å²) < 4.78 is 0. The van der Waals surface area contributed by atoms with Gasteiger partial charge in [-0.15, -0.1) is 10.2 Å². The van der Waals surface area contributed by atoms with Crippen LogP contribution in [0.4, 0.5) is 0 Å². The lowest BCUT2D eigenvalue weighted by Crippen LogP contribution is -2.11. The van der Waals surface area contributed by atoms with Crippen LogP contribution in [0.1, 0.15) is 61.5 Å². The Labute approximate surface area is 108 Å². The number of aromatic nitrogens is 2. The van der Waals surface area contributed by atoms with Gasteiger partial charge >= 0.3 is 0 Å². The van der Waals surface area contributed by atoms with Gasteiger partial charge in [0.2, 0.25) is 0 Å². The molecule has 0 spiro atoms. The Morgan fingerprint density at radius 1 is 1.29 bits per heavy atom. The molecule has 0 amide bonds. The predicted molar refractivity (Wildman–Crippen MR) is 72.3 cm³/mol. The van der Waals surface area contributed by atoms with Crippen LogP contribution in [0, 0.1) is 5.92 Å². The molecule has 1 saturated carbocycles. The second-order valence-corrected chi connectivity index (χ2v) is 6.18. The Morgan fingerprint density at radius 3 is 2.76 bits per heavy atom. The first-order valence-electron chi connectivity index (χ1n) is 6.79. The highest BCUT2D eigenvalue weighted by Crippen LogP contribution is 2.28. The van der Waals surface area contributed by atoms with Crippen LogP contribution in [0.3, 0.4) is 0 Å². The van der Waals surface area contributed by atoms with Gasteiger partial charge in [-0.3, -0.25) is 0 Å². The largest absolute Gasteiger partial charge is 0.311 e. The van der Waals surface area contributed by atoms with Crippen LogP contribution in [0.5, 0.6) is 0 Å². The summed E-state index contributed by atoms with van der Waals surface area (Å²) in [6.45, 7) is 2.13. The Morgan fingerprint density at radius 2 is 2.06 bits per heavy atom. The first-order chi connectivity index (χ1) is 8.29. The predicted octanol–water partition coefficient (Wildman–Crippen LogP) is 3.33. The Balaban J connectivity index is 1.80. The van der Waals surface area contributed by atoms with Crippen molar-refractivity contribution in [1.82, 2.24) is 15.5 Å². The first-order valence-corrected chi connectivity index (χ1v) is 7.60. The van der Waals surface area contributed by atoms with Crippen molar-refractivity contribution in [2.45, 2.75) is 57.9 Å². The minimum atomic E-state index is 0.330. The molecule has 0 radical (unpaired) electrons. The highest BCUT2D eigenvalue weighted by molar-refractivity contribution is 7.11. The van der Waals surface area contributed by atoms with Crippen molar-refractivity contribution >= 4 is 11.3 Å². The summed E-state index contributed by atoms with van der Waals surface area (Å²) >= 11 is 1.77. The lowest BCUT2D eigenvalue weighted by atomic mass is 9.86. The molecule has 1 heterocycles. The molecule has 1 fully saturated rings. The Kier molecular flexibility index (Phi) is 4.92. The Hall–Kier alpha value is -0.480. The van der Waals surface area contributed by atoms with Crippen LogP contribution in [-0.2, 0) is 6.42 Å². The Bertz CT molecular complexity index is 331. The van der Waals surface area contributed by atoms with Gasteiger partial charge in [0.15, 0.2) is 0 Å². The van der Waals surface area contributed by atoms with Crippen molar-refractivity contribution < 1.29 is 0 Å². The molecule has 96 valence electrons. The van der Waals surface area contributed by atoms with E-state index in [-0.39, 0.29) is 0 Å². The molecule has 2 rings (SSSR count). The summed E-state index contributed by atoms with van der Waals surface area (Å²) in [5.41, 5.74) is 0. The molecule has 0 bridgehead atoms. The van der Waals surface area contributed by atoms with Crippen LogP contribution in [0.2, 0.25) is 0 Å². The number of rotatable bonds is 5. The van der Waals surface area contributed by atoms with E-state index in [0.717, 1.165) is 17.3 Å². The highest BCUT2D eigenvalue weighted by atomic mass is 32.1. The van der Waals surface area contributed by atoms with Crippen LogP contribution < -0.4 is 5.32 Å². The summed E-state index contributed by atoms with van der Waals surface area (Å²) in [4.78, 5) is 0. The third kappa shape index (κ3) is 3.75. The van der Waals surface area contributed by atoms with Crippen molar-refractivity contribution in [2.75, 3.05) is 7.05 Å². The van der Waals surface area contributed by atoms with E-state index in [1.54, 1.807) is 11.3 Å². The van der Waals surface area contributed by atoms with Gasteiger partial charge in [-0.2, -0.15) is 0 Å². The zero-order valence-electron chi connectivity index (χ0n) is 10.9. The number of hydrogen-bond acceptors (Lipinski definition) is 4. The molecule has 4 heteroatoms. The standard InChI is InChI=1S/C13H23N3S/c1-10(14-2)13-16-15-12(17-13)9-8-11-6-4-3-5-7-11/h10-11,14H,3-9H2,1-2H3. The summed E-state index contributed by atoms with van der Waals surface area (Å²) in [6.07, 6.45) is 9.60. The quantitative estimate of drug-likeness (QED) is 0.874. The van der Waals surface area contributed by atoms with Crippen molar-refractivity contribution in [1.29, 1.82) is 0 Å². The molecule has 0 aromatic carbocycles. The highest BCUT2D eigenvalue weighted by Gasteiger charge is 2.15. The van der Waals surface area contributed by atoms with E-state index in [2.05, 4.69) is 22.4 Å². The van der Waals surface area contributed by atoms with E-state index in [1.165, 1.54) is 43.5 Å². The van der Waals surface area contributed by atoms with Gasteiger partial charge < -0.3 is 5.32 Å². The summed E-state index contributed by atoms with van der Waals surface area (Å²) in [7, 11) is 1.97. The average molecular weight is 253 g/mol. The number of nitrogens with one attached hydrogen (secondary N) is 1. The fourth-order valence-electron chi connectivity index (χ4n) is 2.47. The van der Waals surface area contributed by atoms with Gasteiger partial charge in [0.1, 0.15) is 10.0 Å². The zero-order chi connectivity index (χ0) is 12.1. The van der Waals surface area contributed by atoms with E-state index < -0.39 is 0 Å². The van der Waals surface area contributed by atoms with Gasteiger partial charge in [0, 0.05) is 6.42 Å². The van der Waals surface area contributed by atoms with Gasteiger partial charge in [0.25, 0.3) is 0 Å². The molecule has 1 aromatic rings. The van der Waals surface area contributed by atoms with Crippen molar-refractivity contribution in [3.63, 3.8) is 0 Å². The molecule has 1 aliphatic rings. The van der Waals surface area contributed by atoms with Crippen molar-refractivity contribution in [2.24, 2.45) is 5.92 Å². The minimum absolute atomic E-state index is 0.330. The molecular weight excluding hydrogens is 230 g/mol. The van der Waals surface area contributed by atoms with E-state index in [4.69, 9.17) is 0 Å². The normalized spacial score (nSPS) is 19.4. The fourth-order valence-corrected chi connectivity index (χ4v) is 3.39. The number of hydrogen-bond donors (Lipinski definition) is 1. The number of nitrogens with zero attached hydrogens (tertiary/aromatic N) is 2. The van der Waals surface area contributed by atoms with E-state index in [0.29, 0.717) is 6.04 Å². The van der Waals surface area contributed by atoms with E-state index in [1.807, 2.05) is 7.05 Å². The maximum atomic E-state index is 4.30. The van der Waals surface area contributed by atoms with Crippen LogP contribution in [0.15, 0.2) is 0 Å². The molecule has 0 aliphatic heterocycles. The maximum Gasteiger partial charge on any atom is 0.134 e. The van der Waals surface area contributed by atoms with Gasteiger partial charge in [-0.1, -0.05) is 43.4 Å². The molecule has 1 atom stereocenters. The molecule has 17 heavy (non-hydrogen) atoms.